The van der Waals surface area contributed by atoms with Crippen LogP contribution in [0.25, 0.3) is 11.1 Å². The molecular weight excluding hydrogens is 524 g/mol. The number of aromatic nitrogens is 1. The number of halogens is 1. The molecule has 1 N–H and O–H groups in total. The monoisotopic (exact) mass is 564 g/mol. The van der Waals surface area contributed by atoms with Gasteiger partial charge in [-0.15, -0.1) is 0 Å². The van der Waals surface area contributed by atoms with Crippen molar-refractivity contribution in [1.82, 2.24) is 4.98 Å². The van der Waals surface area contributed by atoms with E-state index < -0.39 is 17.7 Å². The summed E-state index contributed by atoms with van der Waals surface area (Å²) in [7, 11) is 0. The Bertz CT molecular complexity index is 1330. The number of nitrogens with zero attached hydrogens (tertiary/aromatic N) is 2. The summed E-state index contributed by atoms with van der Waals surface area (Å²) >= 11 is 6.00. The highest BCUT2D eigenvalue weighted by Gasteiger charge is 2.36. The van der Waals surface area contributed by atoms with Crippen LogP contribution < -0.4 is 9.64 Å². The van der Waals surface area contributed by atoms with Gasteiger partial charge >= 0.3 is 5.97 Å². The van der Waals surface area contributed by atoms with Crippen LogP contribution in [0.4, 0.5) is 5.69 Å². The first-order chi connectivity index (χ1) is 18.7. The number of anilines is 1. The minimum Gasteiger partial charge on any atom is -0.489 e. The minimum absolute atomic E-state index is 0.241. The molecule has 0 saturated carbocycles. The van der Waals surface area contributed by atoms with Crippen LogP contribution in [0.1, 0.15) is 76.1 Å². The molecule has 1 fully saturated rings. The fourth-order valence-electron chi connectivity index (χ4n) is 5.22. The zero-order chi connectivity index (χ0) is 29.2. The molecule has 2 aromatic carbocycles. The van der Waals surface area contributed by atoms with Crippen molar-refractivity contribution in [3.8, 4) is 16.9 Å². The number of benzene rings is 2. The third kappa shape index (κ3) is 7.15. The van der Waals surface area contributed by atoms with Gasteiger partial charge in [0.25, 0.3) is 0 Å². The molecule has 1 unspecified atom stereocenters. The highest BCUT2D eigenvalue weighted by atomic mass is 35.5. The number of hydrogen-bond acceptors (Lipinski definition) is 5. The number of aliphatic carboxylic acids is 1. The van der Waals surface area contributed by atoms with Crippen molar-refractivity contribution in [2.24, 2.45) is 5.41 Å². The topological polar surface area (TPSA) is 71.9 Å². The van der Waals surface area contributed by atoms with Crippen molar-refractivity contribution >= 4 is 23.3 Å². The maximum absolute atomic E-state index is 12.7. The first kappa shape index (κ1) is 29.9. The number of pyridine rings is 1. The lowest BCUT2D eigenvalue weighted by atomic mass is 9.82. The van der Waals surface area contributed by atoms with Gasteiger partial charge in [-0.25, -0.2) is 4.79 Å². The molecule has 4 rings (SSSR count). The molecule has 0 amide bonds. The van der Waals surface area contributed by atoms with E-state index in [2.05, 4.69) is 18.7 Å². The summed E-state index contributed by atoms with van der Waals surface area (Å²) in [6.07, 6.45) is 0.891. The Hall–Kier alpha value is -3.09. The Morgan fingerprint density at radius 2 is 1.62 bits per heavy atom. The van der Waals surface area contributed by atoms with Crippen molar-refractivity contribution in [3.05, 3.63) is 76.1 Å². The second-order valence-corrected chi connectivity index (χ2v) is 12.9. The van der Waals surface area contributed by atoms with Gasteiger partial charge in [-0.3, -0.25) is 4.98 Å². The molecular formula is C33H41ClN2O4. The fraction of sp³-hybridized carbons (Fsp3) is 0.455. The lowest BCUT2D eigenvalue weighted by Crippen LogP contribution is -2.39. The highest BCUT2D eigenvalue weighted by Crippen LogP contribution is 2.45. The second-order valence-electron chi connectivity index (χ2n) is 12.5. The van der Waals surface area contributed by atoms with E-state index in [1.165, 1.54) is 0 Å². The molecule has 0 aliphatic carbocycles. The summed E-state index contributed by atoms with van der Waals surface area (Å²) in [6, 6.07) is 15.6. The third-order valence-electron chi connectivity index (χ3n) is 7.43. The number of rotatable bonds is 8. The quantitative estimate of drug-likeness (QED) is 0.297. The maximum atomic E-state index is 12.7. The van der Waals surface area contributed by atoms with Crippen LogP contribution in [0.3, 0.4) is 0 Å². The predicted octanol–water partition coefficient (Wildman–Crippen LogP) is 8.17. The summed E-state index contributed by atoms with van der Waals surface area (Å²) in [5, 5.41) is 11.1. The Balaban J connectivity index is 1.77. The average molecular weight is 565 g/mol. The number of carboxylic acids is 1. The molecule has 1 atom stereocenters. The number of hydrogen-bond donors (Lipinski definition) is 1. The van der Waals surface area contributed by atoms with Gasteiger partial charge in [0.2, 0.25) is 0 Å². The van der Waals surface area contributed by atoms with E-state index in [4.69, 9.17) is 26.1 Å². The normalized spacial score (nSPS) is 16.1. The number of carbonyl (C=O) groups is 1. The van der Waals surface area contributed by atoms with Gasteiger partial charge in [0.1, 0.15) is 12.4 Å². The molecule has 40 heavy (non-hydrogen) atoms. The first-order valence-corrected chi connectivity index (χ1v) is 14.3. The standard InChI is InChI=1S/C33H41ClN2O4/c1-21-27(24-10-14-26(15-11-24)39-20-23-8-12-25(34)13-9-23)29(36-18-16-33(6,7)17-19-36)28(22(2)35-21)30(31(37)38)40-32(3,4)5/h8-15,30H,16-20H2,1-7H3,(H,37,38). The van der Waals surface area contributed by atoms with Crippen LogP contribution in [0, 0.1) is 19.3 Å². The van der Waals surface area contributed by atoms with E-state index in [0.29, 0.717) is 22.9 Å². The summed E-state index contributed by atoms with van der Waals surface area (Å²) in [5.41, 5.74) is 5.61. The summed E-state index contributed by atoms with van der Waals surface area (Å²) in [6.45, 7) is 16.2. The Labute approximate surface area is 243 Å². The Kier molecular flexibility index (Phi) is 8.81. The molecule has 1 saturated heterocycles. The molecule has 3 aromatic rings. The first-order valence-electron chi connectivity index (χ1n) is 13.9. The van der Waals surface area contributed by atoms with Crippen molar-refractivity contribution in [3.63, 3.8) is 0 Å². The number of piperidine rings is 1. The zero-order valence-corrected chi connectivity index (χ0v) is 25.4. The Morgan fingerprint density at radius 3 is 2.17 bits per heavy atom. The lowest BCUT2D eigenvalue weighted by Gasteiger charge is -2.41. The van der Waals surface area contributed by atoms with Crippen molar-refractivity contribution in [2.75, 3.05) is 18.0 Å². The van der Waals surface area contributed by atoms with Gasteiger partial charge in [0.15, 0.2) is 6.10 Å². The molecule has 1 aliphatic rings. The van der Waals surface area contributed by atoms with E-state index in [9.17, 15) is 9.90 Å². The van der Waals surface area contributed by atoms with Crippen molar-refractivity contribution < 1.29 is 19.4 Å². The number of aryl methyl sites for hydroxylation is 2. The molecule has 0 spiro atoms. The molecule has 2 heterocycles. The maximum Gasteiger partial charge on any atom is 0.337 e. The van der Waals surface area contributed by atoms with E-state index in [0.717, 1.165) is 59.8 Å². The van der Waals surface area contributed by atoms with Crippen LogP contribution in [0.5, 0.6) is 5.75 Å². The van der Waals surface area contributed by atoms with Gasteiger partial charge in [0, 0.05) is 40.6 Å². The van der Waals surface area contributed by atoms with Gasteiger partial charge in [0.05, 0.1) is 11.3 Å². The van der Waals surface area contributed by atoms with Gasteiger partial charge in [-0.05, 0) is 88.3 Å². The Morgan fingerprint density at radius 1 is 1.02 bits per heavy atom. The summed E-state index contributed by atoms with van der Waals surface area (Å²) in [5.74, 6) is -0.267. The smallest absolute Gasteiger partial charge is 0.337 e. The fourth-order valence-corrected chi connectivity index (χ4v) is 5.35. The predicted molar refractivity (Wildman–Crippen MR) is 161 cm³/mol. The van der Waals surface area contributed by atoms with Crippen LogP contribution in [-0.2, 0) is 16.1 Å². The van der Waals surface area contributed by atoms with Crippen LogP contribution in [-0.4, -0.2) is 34.8 Å². The summed E-state index contributed by atoms with van der Waals surface area (Å²) < 4.78 is 12.2. The van der Waals surface area contributed by atoms with Crippen LogP contribution in [0.2, 0.25) is 5.02 Å². The molecule has 1 aliphatic heterocycles. The molecule has 0 radical (unpaired) electrons. The average Bonchev–Trinajstić information content (AvgIpc) is 2.87. The van der Waals surface area contributed by atoms with Gasteiger partial charge < -0.3 is 19.5 Å². The van der Waals surface area contributed by atoms with Gasteiger partial charge in [-0.1, -0.05) is 49.7 Å². The van der Waals surface area contributed by atoms with Crippen molar-refractivity contribution in [2.45, 2.75) is 79.6 Å². The zero-order valence-electron chi connectivity index (χ0n) is 24.7. The van der Waals surface area contributed by atoms with Crippen LogP contribution in [0.15, 0.2) is 48.5 Å². The number of carboxylic acid groups (broad SMARTS) is 1. The van der Waals surface area contributed by atoms with E-state index in [-0.39, 0.29) is 5.41 Å². The van der Waals surface area contributed by atoms with Gasteiger partial charge in [-0.2, -0.15) is 0 Å². The van der Waals surface area contributed by atoms with Crippen LogP contribution >= 0.6 is 11.6 Å². The van der Waals surface area contributed by atoms with E-state index in [1.54, 1.807) is 0 Å². The molecule has 0 bridgehead atoms. The second kappa shape index (κ2) is 11.8. The van der Waals surface area contributed by atoms with Crippen molar-refractivity contribution in [1.29, 1.82) is 0 Å². The molecule has 214 valence electrons. The minimum atomic E-state index is -1.14. The highest BCUT2D eigenvalue weighted by molar-refractivity contribution is 6.30. The third-order valence-corrected chi connectivity index (χ3v) is 7.68. The molecule has 7 heteroatoms. The van der Waals surface area contributed by atoms with E-state index in [1.807, 2.05) is 83.1 Å². The summed E-state index contributed by atoms with van der Waals surface area (Å²) in [4.78, 5) is 19.9. The number of ether oxygens (including phenoxy) is 2. The largest absolute Gasteiger partial charge is 0.489 e. The molecule has 1 aromatic heterocycles. The SMILES string of the molecule is Cc1nc(C)c(C(OC(C)(C)C)C(=O)O)c(N2CCC(C)(C)CC2)c1-c1ccc(OCc2ccc(Cl)cc2)cc1. The lowest BCUT2D eigenvalue weighted by molar-refractivity contribution is -0.160. The molecule has 6 nitrogen and oxygen atoms in total. The van der Waals surface area contributed by atoms with E-state index >= 15 is 0 Å².